The third-order valence-electron chi connectivity index (χ3n) is 9.73. The Bertz CT molecular complexity index is 1060. The largest absolute Gasteiger partial charge is 0.465 e. The van der Waals surface area contributed by atoms with Crippen molar-refractivity contribution in [2.75, 3.05) is 6.61 Å². The first-order valence-corrected chi connectivity index (χ1v) is 13.3. The van der Waals surface area contributed by atoms with E-state index in [1.54, 1.807) is 6.92 Å². The summed E-state index contributed by atoms with van der Waals surface area (Å²) in [6.07, 6.45) is 1.46. The minimum absolute atomic E-state index is 0.0665. The summed E-state index contributed by atoms with van der Waals surface area (Å²) in [5.41, 5.74) is -4.27. The Balaban J connectivity index is 1.45. The van der Waals surface area contributed by atoms with Gasteiger partial charge < -0.3 is 19.3 Å². The summed E-state index contributed by atoms with van der Waals surface area (Å²) >= 11 is 1.37. The maximum absolute atomic E-state index is 17.4. The minimum Gasteiger partial charge on any atom is -0.465 e. The van der Waals surface area contributed by atoms with Crippen LogP contribution in [0.2, 0.25) is 0 Å². The third kappa shape index (κ3) is 2.87. The lowest BCUT2D eigenvalue weighted by Crippen LogP contribution is -2.69. The molecule has 0 radical (unpaired) electrons. The Labute approximate surface area is 207 Å². The molecule has 2 heterocycles. The minimum atomic E-state index is -2.16. The van der Waals surface area contributed by atoms with Gasteiger partial charge in [-0.05, 0) is 63.7 Å². The topological polar surface area (TPSA) is 82.1 Å². The summed E-state index contributed by atoms with van der Waals surface area (Å²) in [5.74, 6) is -2.77. The lowest BCUT2D eigenvalue weighted by atomic mass is 9.45. The van der Waals surface area contributed by atoms with E-state index >= 15 is 8.78 Å². The normalized spacial score (nSPS) is 54.0. The average Bonchev–Trinajstić information content (AvgIpc) is 3.35. The van der Waals surface area contributed by atoms with Crippen LogP contribution >= 0.6 is 11.8 Å². The summed E-state index contributed by atoms with van der Waals surface area (Å²) in [6, 6.07) is 0. The molecule has 35 heavy (non-hydrogen) atoms. The van der Waals surface area contributed by atoms with Crippen molar-refractivity contribution in [1.29, 1.82) is 0 Å². The molecule has 5 fully saturated rings. The molecule has 9 heteroatoms. The fourth-order valence-corrected chi connectivity index (χ4v) is 10.1. The first kappa shape index (κ1) is 24.1. The van der Waals surface area contributed by atoms with Crippen LogP contribution in [0.25, 0.3) is 0 Å². The molecule has 3 saturated carbocycles. The van der Waals surface area contributed by atoms with E-state index in [-0.39, 0.29) is 36.1 Å². The van der Waals surface area contributed by atoms with E-state index in [4.69, 9.17) is 14.2 Å². The van der Waals surface area contributed by atoms with Gasteiger partial charge in [-0.3, -0.25) is 9.59 Å². The van der Waals surface area contributed by atoms with E-state index in [0.29, 0.717) is 19.4 Å². The van der Waals surface area contributed by atoms with Gasteiger partial charge in [-0.1, -0.05) is 13.0 Å². The molecule has 1 unspecified atom stereocenters. The summed E-state index contributed by atoms with van der Waals surface area (Å²) in [5, 5.41) is 11.1. The maximum Gasteiger partial charge on any atom is 0.319 e. The zero-order valence-corrected chi connectivity index (χ0v) is 21.2. The molecule has 0 aromatic heterocycles. The van der Waals surface area contributed by atoms with Gasteiger partial charge in [0.05, 0.1) is 12.7 Å². The Hall–Kier alpha value is -1.29. The number of hydrogen-bond donors (Lipinski definition) is 1. The predicted molar refractivity (Wildman–Crippen MR) is 124 cm³/mol. The lowest BCUT2D eigenvalue weighted by Gasteiger charge is -2.63. The number of halogens is 2. The number of aliphatic hydroxyl groups is 1. The van der Waals surface area contributed by atoms with E-state index < -0.39 is 56.8 Å². The van der Waals surface area contributed by atoms with Crippen molar-refractivity contribution >= 4 is 23.5 Å². The highest BCUT2D eigenvalue weighted by molar-refractivity contribution is 8.01. The van der Waals surface area contributed by atoms with Gasteiger partial charge >= 0.3 is 5.97 Å². The predicted octanol–water partition coefficient (Wildman–Crippen LogP) is 3.81. The van der Waals surface area contributed by atoms with Gasteiger partial charge in [-0.2, -0.15) is 0 Å². The number of carbonyl (C=O) groups is 2. The van der Waals surface area contributed by atoms with Crippen LogP contribution in [0.5, 0.6) is 0 Å². The van der Waals surface area contributed by atoms with Gasteiger partial charge in [0.25, 0.3) is 0 Å². The zero-order valence-electron chi connectivity index (χ0n) is 20.4. The van der Waals surface area contributed by atoms with Crippen molar-refractivity contribution < 1.29 is 37.7 Å². The number of fused-ring (bicyclic) bond motifs is 7. The van der Waals surface area contributed by atoms with Gasteiger partial charge in [-0.25, -0.2) is 8.78 Å². The molecule has 1 N–H and O–H groups in total. The second-order valence-corrected chi connectivity index (χ2v) is 13.3. The van der Waals surface area contributed by atoms with Crippen molar-refractivity contribution in [3.05, 3.63) is 23.8 Å². The van der Waals surface area contributed by atoms with E-state index in [1.807, 2.05) is 20.8 Å². The van der Waals surface area contributed by atoms with Crippen molar-refractivity contribution in [3.63, 3.8) is 0 Å². The molecule has 2 saturated heterocycles. The highest BCUT2D eigenvalue weighted by Crippen LogP contribution is 2.74. The number of hydrogen-bond acceptors (Lipinski definition) is 7. The van der Waals surface area contributed by atoms with Gasteiger partial charge in [0.1, 0.15) is 22.5 Å². The molecular formula is C26H32F2O6S. The van der Waals surface area contributed by atoms with Crippen molar-refractivity contribution in [1.82, 2.24) is 0 Å². The fourth-order valence-electron chi connectivity index (χ4n) is 8.21. The van der Waals surface area contributed by atoms with Crippen molar-refractivity contribution in [3.8, 4) is 0 Å². The number of esters is 1. The van der Waals surface area contributed by atoms with Gasteiger partial charge in [0, 0.05) is 23.2 Å². The molecule has 4 aliphatic carbocycles. The number of aliphatic hydroxyl groups excluding tert-OH is 1. The van der Waals surface area contributed by atoms with Gasteiger partial charge in [0.15, 0.2) is 17.2 Å². The molecule has 6 aliphatic rings. The fraction of sp³-hybridized carbons (Fsp3) is 0.769. The molecule has 0 aromatic carbocycles. The quantitative estimate of drug-likeness (QED) is 0.566. The molecule has 0 bridgehead atoms. The number of alkyl halides is 2. The number of ether oxygens (including phenoxy) is 3. The first-order valence-electron chi connectivity index (χ1n) is 12.5. The number of carbonyl (C=O) groups excluding carboxylic acids is 2. The zero-order chi connectivity index (χ0) is 25.2. The summed E-state index contributed by atoms with van der Waals surface area (Å²) in [7, 11) is 0. The van der Waals surface area contributed by atoms with E-state index in [2.05, 4.69) is 0 Å². The average molecular weight is 511 g/mol. The Morgan fingerprint density at radius 3 is 2.57 bits per heavy atom. The van der Waals surface area contributed by atoms with Crippen molar-refractivity contribution in [2.45, 2.75) is 93.4 Å². The molecule has 0 spiro atoms. The van der Waals surface area contributed by atoms with Crippen LogP contribution < -0.4 is 0 Å². The molecule has 2 aliphatic heterocycles. The number of cyclic esters (lactones) is 1. The highest BCUT2D eigenvalue weighted by atomic mass is 32.2. The molecule has 192 valence electrons. The monoisotopic (exact) mass is 510 g/mol. The van der Waals surface area contributed by atoms with E-state index in [0.717, 1.165) is 0 Å². The van der Waals surface area contributed by atoms with Crippen LogP contribution in [-0.2, 0) is 23.8 Å². The van der Waals surface area contributed by atoms with Gasteiger partial charge in [-0.15, -0.1) is 11.8 Å². The highest BCUT2D eigenvalue weighted by Gasteiger charge is 2.79. The number of ketones is 1. The first-order chi connectivity index (χ1) is 16.3. The molecule has 0 aromatic rings. The third-order valence-corrected chi connectivity index (χ3v) is 11.6. The van der Waals surface area contributed by atoms with E-state index in [9.17, 15) is 14.7 Å². The van der Waals surface area contributed by atoms with Crippen LogP contribution in [0.4, 0.5) is 8.78 Å². The standard InChI is InChI=1S/C26H32F2O6S/c1-22(2)33-20-11-14-15-10-17(27)16-9-13(29)5-7-23(16,3)25(15,28)19(30)12-24(14,4)26(20,34-22)35-18-6-8-32-21(18)31/h5,7,9,14-15,17-20,30H,6,8,10-12H2,1-4H3/t14-,15-,17-,18?,19-,20+,23-,24-,25-,26-/m0/s1. The second-order valence-electron chi connectivity index (χ2n) is 11.9. The second kappa shape index (κ2) is 7.17. The Kier molecular flexibility index (Phi) is 4.93. The number of thioether (sulfide) groups is 1. The number of allylic oxidation sites excluding steroid dienone is 4. The maximum atomic E-state index is 17.4. The van der Waals surface area contributed by atoms with E-state index in [1.165, 1.54) is 30.0 Å². The van der Waals surface area contributed by atoms with Crippen LogP contribution in [0.3, 0.4) is 0 Å². The van der Waals surface area contributed by atoms with Crippen LogP contribution in [0, 0.1) is 22.7 Å². The molecule has 6 rings (SSSR count). The summed E-state index contributed by atoms with van der Waals surface area (Å²) < 4.78 is 51.2. The van der Waals surface area contributed by atoms with Crippen LogP contribution in [0.1, 0.15) is 53.4 Å². The summed E-state index contributed by atoms with van der Waals surface area (Å²) in [4.78, 5) is 23.5. The lowest BCUT2D eigenvalue weighted by molar-refractivity contribution is -0.235. The molecule has 0 amide bonds. The SMILES string of the molecule is CC1(C)O[C@@H]2C[C@H]3[C@@H]4C[C@H](F)C5=CC(=O)C=C[C@]5(C)[C@@]4(F)[C@@H](O)C[C@]3(C)[C@]2(SC2CCOC2=O)O1. The molecule has 6 nitrogen and oxygen atoms in total. The Morgan fingerprint density at radius 2 is 1.89 bits per heavy atom. The number of rotatable bonds is 2. The van der Waals surface area contributed by atoms with Crippen LogP contribution in [0.15, 0.2) is 23.8 Å². The smallest absolute Gasteiger partial charge is 0.319 e. The van der Waals surface area contributed by atoms with Gasteiger partial charge in [0.2, 0.25) is 0 Å². The van der Waals surface area contributed by atoms with Crippen molar-refractivity contribution in [2.24, 2.45) is 22.7 Å². The Morgan fingerprint density at radius 1 is 1.14 bits per heavy atom. The van der Waals surface area contributed by atoms with Crippen LogP contribution in [-0.4, -0.2) is 63.5 Å². The molecule has 10 atom stereocenters. The molecular weight excluding hydrogens is 478 g/mol. The summed E-state index contributed by atoms with van der Waals surface area (Å²) in [6.45, 7) is 7.54.